The van der Waals surface area contributed by atoms with Crippen LogP contribution in [0.2, 0.25) is 0 Å². The summed E-state index contributed by atoms with van der Waals surface area (Å²) in [5.41, 5.74) is 0.559. The van der Waals surface area contributed by atoms with Crippen molar-refractivity contribution < 1.29 is 9.59 Å². The lowest BCUT2D eigenvalue weighted by Crippen LogP contribution is -2.32. The standard InChI is InChI=1S/C10H11N2O2S/c11-15-9(7-13)6-12-10(14)8-4-2-1-3-5-8/h1-5,9H,6,11H2,(H,12,14). The second-order valence-electron chi connectivity index (χ2n) is 2.82. The highest BCUT2D eigenvalue weighted by molar-refractivity contribution is 7.98. The van der Waals surface area contributed by atoms with Gasteiger partial charge in [0.1, 0.15) is 5.25 Å². The van der Waals surface area contributed by atoms with E-state index in [4.69, 9.17) is 5.14 Å². The van der Waals surface area contributed by atoms with Crippen molar-refractivity contribution in [2.45, 2.75) is 5.25 Å². The molecule has 1 aromatic rings. The van der Waals surface area contributed by atoms with Crippen LogP contribution < -0.4 is 10.5 Å². The highest BCUT2D eigenvalue weighted by Gasteiger charge is 2.09. The van der Waals surface area contributed by atoms with E-state index in [0.717, 1.165) is 11.9 Å². The third kappa shape index (κ3) is 3.73. The lowest BCUT2D eigenvalue weighted by molar-refractivity contribution is 0.0955. The molecule has 5 heteroatoms. The first-order valence-electron chi connectivity index (χ1n) is 4.34. The fourth-order valence-electron chi connectivity index (χ4n) is 0.995. The Kier molecular flexibility index (Phi) is 4.86. The van der Waals surface area contributed by atoms with Gasteiger partial charge < -0.3 is 5.32 Å². The van der Waals surface area contributed by atoms with Crippen molar-refractivity contribution in [3.63, 3.8) is 0 Å². The van der Waals surface area contributed by atoms with Gasteiger partial charge in [-0.15, -0.1) is 0 Å². The summed E-state index contributed by atoms with van der Waals surface area (Å²) in [7, 11) is 0. The zero-order valence-electron chi connectivity index (χ0n) is 7.97. The van der Waals surface area contributed by atoms with Crippen LogP contribution in [0.5, 0.6) is 0 Å². The predicted molar refractivity (Wildman–Crippen MR) is 60.0 cm³/mol. The minimum atomic E-state index is -0.516. The number of amides is 1. The van der Waals surface area contributed by atoms with Gasteiger partial charge in [-0.25, -0.2) is 0 Å². The molecule has 0 fully saturated rings. The van der Waals surface area contributed by atoms with E-state index < -0.39 is 5.25 Å². The van der Waals surface area contributed by atoms with Crippen molar-refractivity contribution in [2.24, 2.45) is 5.14 Å². The molecule has 0 aliphatic rings. The van der Waals surface area contributed by atoms with Crippen molar-refractivity contribution in [3.8, 4) is 0 Å². The summed E-state index contributed by atoms with van der Waals surface area (Å²) >= 11 is 0.869. The van der Waals surface area contributed by atoms with Gasteiger partial charge in [0.25, 0.3) is 5.91 Å². The Morgan fingerprint density at radius 2 is 2.13 bits per heavy atom. The minimum absolute atomic E-state index is 0.193. The van der Waals surface area contributed by atoms with Gasteiger partial charge in [0, 0.05) is 12.1 Å². The molecule has 0 saturated carbocycles. The summed E-state index contributed by atoms with van der Waals surface area (Å²) < 4.78 is 0. The number of hydrogen-bond donors (Lipinski definition) is 2. The number of nitrogens with two attached hydrogens (primary N) is 1. The average Bonchev–Trinajstić information content (AvgIpc) is 2.31. The normalized spacial score (nSPS) is 11.8. The van der Waals surface area contributed by atoms with Crippen LogP contribution in [0.15, 0.2) is 30.3 Å². The van der Waals surface area contributed by atoms with Gasteiger partial charge in [-0.1, -0.05) is 30.1 Å². The van der Waals surface area contributed by atoms with Crippen LogP contribution in [0.4, 0.5) is 0 Å². The molecule has 0 saturated heterocycles. The highest BCUT2D eigenvalue weighted by Crippen LogP contribution is 2.00. The molecular formula is C10H11N2O2S. The molecule has 1 atom stereocenters. The van der Waals surface area contributed by atoms with Crippen molar-refractivity contribution in [2.75, 3.05) is 6.54 Å². The van der Waals surface area contributed by atoms with Crippen LogP contribution >= 0.6 is 11.9 Å². The second-order valence-corrected chi connectivity index (χ2v) is 3.66. The maximum Gasteiger partial charge on any atom is 0.251 e. The van der Waals surface area contributed by atoms with Crippen LogP contribution in [-0.2, 0) is 4.79 Å². The second kappa shape index (κ2) is 6.21. The summed E-state index contributed by atoms with van der Waals surface area (Å²) in [6, 6.07) is 8.77. The van der Waals surface area contributed by atoms with E-state index in [9.17, 15) is 9.59 Å². The third-order valence-electron chi connectivity index (χ3n) is 1.78. The average molecular weight is 223 g/mol. The van der Waals surface area contributed by atoms with E-state index in [-0.39, 0.29) is 12.5 Å². The molecule has 79 valence electrons. The molecule has 0 bridgehead atoms. The topological polar surface area (TPSA) is 72.2 Å². The van der Waals surface area contributed by atoms with Crippen molar-refractivity contribution in [1.82, 2.24) is 5.32 Å². The summed E-state index contributed by atoms with van der Waals surface area (Å²) in [5.74, 6) is -0.218. The first-order valence-corrected chi connectivity index (χ1v) is 5.28. The molecule has 3 N–H and O–H groups in total. The summed E-state index contributed by atoms with van der Waals surface area (Å²) in [5, 5.41) is 7.29. The quantitative estimate of drug-likeness (QED) is 0.713. The Hall–Kier alpha value is -1.33. The predicted octanol–water partition coefficient (Wildman–Crippen LogP) is 0.502. The molecule has 1 rings (SSSR count). The van der Waals surface area contributed by atoms with Crippen molar-refractivity contribution in [1.29, 1.82) is 0 Å². The van der Waals surface area contributed by atoms with Gasteiger partial charge in [0.05, 0.1) is 0 Å². The number of benzene rings is 1. The zero-order chi connectivity index (χ0) is 11.1. The minimum Gasteiger partial charge on any atom is -0.350 e. The Bertz CT molecular complexity index is 329. The van der Waals surface area contributed by atoms with E-state index in [1.54, 1.807) is 30.6 Å². The third-order valence-corrected chi connectivity index (χ3v) is 2.37. The molecule has 1 amide bonds. The molecule has 0 aromatic heterocycles. The van der Waals surface area contributed by atoms with Crippen LogP contribution in [0.3, 0.4) is 0 Å². The number of carbonyl (C=O) groups excluding carboxylic acids is 2. The fourth-order valence-corrected chi connectivity index (χ4v) is 1.23. The SMILES string of the molecule is NSC([C]=O)CNC(=O)c1ccccc1. The van der Waals surface area contributed by atoms with Gasteiger partial charge in [-0.3, -0.25) is 14.7 Å². The van der Waals surface area contributed by atoms with Crippen molar-refractivity contribution in [3.05, 3.63) is 35.9 Å². The number of rotatable bonds is 5. The molecule has 0 heterocycles. The van der Waals surface area contributed by atoms with E-state index in [1.165, 1.54) is 0 Å². The molecule has 0 aliphatic heterocycles. The first kappa shape index (κ1) is 11.7. The van der Waals surface area contributed by atoms with E-state index in [1.807, 2.05) is 6.07 Å². The summed E-state index contributed by atoms with van der Waals surface area (Å²) in [4.78, 5) is 21.8. The number of hydrogen-bond acceptors (Lipinski definition) is 4. The van der Waals surface area contributed by atoms with E-state index in [2.05, 4.69) is 5.32 Å². The highest BCUT2D eigenvalue weighted by atomic mass is 32.2. The van der Waals surface area contributed by atoms with E-state index >= 15 is 0 Å². The van der Waals surface area contributed by atoms with Crippen LogP contribution in [0.1, 0.15) is 10.4 Å². The Balaban J connectivity index is 2.46. The van der Waals surface area contributed by atoms with E-state index in [0.29, 0.717) is 5.56 Å². The summed E-state index contributed by atoms with van der Waals surface area (Å²) in [6.45, 7) is 0.193. The van der Waals surface area contributed by atoms with Crippen LogP contribution in [0.25, 0.3) is 0 Å². The van der Waals surface area contributed by atoms with Gasteiger partial charge in [-0.05, 0) is 12.1 Å². The molecule has 1 radical (unpaired) electrons. The molecule has 1 aromatic carbocycles. The number of carbonyl (C=O) groups is 1. The van der Waals surface area contributed by atoms with Gasteiger partial charge in [0.2, 0.25) is 6.29 Å². The van der Waals surface area contributed by atoms with Crippen LogP contribution in [-0.4, -0.2) is 24.0 Å². The lowest BCUT2D eigenvalue weighted by Gasteiger charge is -2.07. The zero-order valence-corrected chi connectivity index (χ0v) is 8.79. The molecule has 0 spiro atoms. The van der Waals surface area contributed by atoms with Gasteiger partial charge in [-0.2, -0.15) is 0 Å². The Labute approximate surface area is 92.4 Å². The first-order chi connectivity index (χ1) is 7.27. The largest absolute Gasteiger partial charge is 0.350 e. The Morgan fingerprint density at radius 3 is 2.67 bits per heavy atom. The molecule has 4 nitrogen and oxygen atoms in total. The monoisotopic (exact) mass is 223 g/mol. The molecular weight excluding hydrogens is 212 g/mol. The molecule has 0 aliphatic carbocycles. The molecule has 15 heavy (non-hydrogen) atoms. The fraction of sp³-hybridized carbons (Fsp3) is 0.200. The number of nitrogens with one attached hydrogen (secondary N) is 1. The smallest absolute Gasteiger partial charge is 0.251 e. The van der Waals surface area contributed by atoms with Crippen molar-refractivity contribution >= 4 is 24.1 Å². The summed E-state index contributed by atoms with van der Waals surface area (Å²) in [6.07, 6.45) is 1.73. The van der Waals surface area contributed by atoms with Gasteiger partial charge in [0.15, 0.2) is 0 Å². The van der Waals surface area contributed by atoms with Crippen LogP contribution in [0, 0.1) is 0 Å². The maximum atomic E-state index is 11.5. The van der Waals surface area contributed by atoms with Gasteiger partial charge >= 0.3 is 0 Å². The molecule has 1 unspecified atom stereocenters. The lowest BCUT2D eigenvalue weighted by atomic mass is 10.2. The Morgan fingerprint density at radius 1 is 1.47 bits per heavy atom. The maximum absolute atomic E-state index is 11.5.